The van der Waals surface area contributed by atoms with E-state index in [1.54, 1.807) is 0 Å². The molecular weight excluding hydrogens is 229 g/mol. The van der Waals surface area contributed by atoms with Crippen LogP contribution in [0.2, 0.25) is 0 Å². The van der Waals surface area contributed by atoms with E-state index in [0.717, 1.165) is 19.1 Å². The zero-order valence-corrected chi connectivity index (χ0v) is 7.80. The first-order chi connectivity index (χ1) is 4.29. The van der Waals surface area contributed by atoms with Crippen LogP contribution in [0.3, 0.4) is 0 Å². The molecule has 0 radical (unpaired) electrons. The van der Waals surface area contributed by atoms with Crippen LogP contribution in [0.4, 0.5) is 0 Å². The molecule has 1 fully saturated rings. The molecule has 1 heterocycles. The molecule has 2 nitrogen and oxygen atoms in total. The first-order valence-electron chi connectivity index (χ1n) is 3.23. The van der Waals surface area contributed by atoms with Crippen molar-refractivity contribution in [1.29, 1.82) is 0 Å². The van der Waals surface area contributed by atoms with Gasteiger partial charge < -0.3 is 4.74 Å². The summed E-state index contributed by atoms with van der Waals surface area (Å²) in [5.74, 6) is 0.784. The minimum atomic E-state index is 0.784. The normalized spacial score (nSPS) is 27.7. The molecule has 1 aliphatic heterocycles. The number of rotatable bonds is 2. The monoisotopic (exact) mass is 241 g/mol. The SMILES string of the molecule is CN(I)CC1CCOC1. The summed E-state index contributed by atoms with van der Waals surface area (Å²) in [4.78, 5) is 0. The molecule has 1 aliphatic rings. The van der Waals surface area contributed by atoms with E-state index in [4.69, 9.17) is 4.74 Å². The fraction of sp³-hybridized carbons (Fsp3) is 1.00. The van der Waals surface area contributed by atoms with Crippen LogP contribution < -0.4 is 0 Å². The van der Waals surface area contributed by atoms with Crippen molar-refractivity contribution in [2.45, 2.75) is 6.42 Å². The molecule has 0 spiro atoms. The van der Waals surface area contributed by atoms with Gasteiger partial charge >= 0.3 is 0 Å². The van der Waals surface area contributed by atoms with Gasteiger partial charge in [0.25, 0.3) is 0 Å². The van der Waals surface area contributed by atoms with Crippen molar-refractivity contribution in [3.8, 4) is 0 Å². The standard InChI is InChI=1S/C6H12INO/c1-8(7)4-6-2-3-9-5-6/h6H,2-5H2,1H3. The predicted octanol–water partition coefficient (Wildman–Crippen LogP) is 1.30. The summed E-state index contributed by atoms with van der Waals surface area (Å²) in [6.45, 7) is 3.10. The van der Waals surface area contributed by atoms with Crippen LogP contribution >= 0.6 is 22.9 Å². The van der Waals surface area contributed by atoms with E-state index in [-0.39, 0.29) is 0 Å². The zero-order chi connectivity index (χ0) is 6.69. The molecule has 0 aromatic rings. The predicted molar refractivity (Wildman–Crippen MR) is 45.6 cm³/mol. The molecule has 0 aromatic carbocycles. The summed E-state index contributed by atoms with van der Waals surface area (Å²) in [5, 5.41) is 0. The first kappa shape index (κ1) is 7.75. The fourth-order valence-corrected chi connectivity index (χ4v) is 1.64. The lowest BCUT2D eigenvalue weighted by Gasteiger charge is -2.11. The molecule has 0 amide bonds. The largest absolute Gasteiger partial charge is 0.381 e. The summed E-state index contributed by atoms with van der Waals surface area (Å²) in [5.41, 5.74) is 0. The smallest absolute Gasteiger partial charge is 0.0507 e. The van der Waals surface area contributed by atoms with Crippen LogP contribution in [-0.4, -0.2) is 29.9 Å². The highest BCUT2D eigenvalue weighted by molar-refractivity contribution is 14.1. The van der Waals surface area contributed by atoms with E-state index >= 15 is 0 Å². The van der Waals surface area contributed by atoms with Crippen molar-refractivity contribution in [2.75, 3.05) is 26.8 Å². The Hall–Kier alpha value is 0.650. The van der Waals surface area contributed by atoms with Crippen molar-refractivity contribution >= 4 is 22.9 Å². The van der Waals surface area contributed by atoms with Gasteiger partial charge in [0, 0.05) is 36.0 Å². The lowest BCUT2D eigenvalue weighted by atomic mass is 10.1. The van der Waals surface area contributed by atoms with Crippen LogP contribution in [0.15, 0.2) is 0 Å². The Balaban J connectivity index is 2.11. The number of hydrogen-bond acceptors (Lipinski definition) is 2. The van der Waals surface area contributed by atoms with Gasteiger partial charge in [-0.25, -0.2) is 0 Å². The molecule has 9 heavy (non-hydrogen) atoms. The van der Waals surface area contributed by atoms with Crippen LogP contribution in [0.1, 0.15) is 6.42 Å². The molecule has 0 aromatic heterocycles. The fourth-order valence-electron chi connectivity index (χ4n) is 1.08. The maximum atomic E-state index is 5.23. The van der Waals surface area contributed by atoms with Crippen LogP contribution in [-0.2, 0) is 4.74 Å². The molecule has 0 saturated carbocycles. The van der Waals surface area contributed by atoms with E-state index < -0.39 is 0 Å². The van der Waals surface area contributed by atoms with Gasteiger partial charge in [-0.3, -0.25) is 3.11 Å². The second-order valence-electron chi connectivity index (χ2n) is 2.52. The van der Waals surface area contributed by atoms with Gasteiger partial charge in [0.15, 0.2) is 0 Å². The quantitative estimate of drug-likeness (QED) is 0.533. The summed E-state index contributed by atoms with van der Waals surface area (Å²) in [7, 11) is 2.10. The lowest BCUT2D eigenvalue weighted by Crippen LogP contribution is -2.16. The maximum Gasteiger partial charge on any atom is 0.0507 e. The Bertz CT molecular complexity index is 81.1. The minimum Gasteiger partial charge on any atom is -0.381 e. The third-order valence-electron chi connectivity index (χ3n) is 1.53. The Labute approximate surface area is 70.0 Å². The molecule has 54 valence electrons. The van der Waals surface area contributed by atoms with Crippen LogP contribution in [0.5, 0.6) is 0 Å². The second-order valence-corrected chi connectivity index (χ2v) is 4.16. The van der Waals surface area contributed by atoms with E-state index in [9.17, 15) is 0 Å². The number of ether oxygens (including phenoxy) is 1. The summed E-state index contributed by atoms with van der Waals surface area (Å²) >= 11 is 2.31. The van der Waals surface area contributed by atoms with E-state index in [2.05, 4.69) is 33.0 Å². The average Bonchev–Trinajstić information content (AvgIpc) is 2.15. The van der Waals surface area contributed by atoms with Gasteiger partial charge in [-0.05, 0) is 19.4 Å². The summed E-state index contributed by atoms with van der Waals surface area (Å²) < 4.78 is 7.42. The highest BCUT2D eigenvalue weighted by atomic mass is 127. The number of hydrogen-bond donors (Lipinski definition) is 0. The Kier molecular flexibility index (Phi) is 3.21. The summed E-state index contributed by atoms with van der Waals surface area (Å²) in [6, 6.07) is 0. The molecule has 1 rings (SSSR count). The van der Waals surface area contributed by atoms with E-state index in [0.29, 0.717) is 0 Å². The van der Waals surface area contributed by atoms with Crippen molar-refractivity contribution < 1.29 is 4.74 Å². The Morgan fingerprint density at radius 1 is 1.78 bits per heavy atom. The molecule has 1 atom stereocenters. The van der Waals surface area contributed by atoms with Gasteiger partial charge in [0.2, 0.25) is 0 Å². The second kappa shape index (κ2) is 3.73. The van der Waals surface area contributed by atoms with Gasteiger partial charge in [0.05, 0.1) is 6.61 Å². The topological polar surface area (TPSA) is 12.5 Å². The van der Waals surface area contributed by atoms with Gasteiger partial charge in [-0.15, -0.1) is 0 Å². The van der Waals surface area contributed by atoms with Crippen LogP contribution in [0, 0.1) is 5.92 Å². The third-order valence-corrected chi connectivity index (χ3v) is 1.93. The van der Waals surface area contributed by atoms with E-state index in [1.807, 2.05) is 0 Å². The zero-order valence-electron chi connectivity index (χ0n) is 5.64. The first-order valence-corrected chi connectivity index (χ1v) is 4.20. The Morgan fingerprint density at radius 3 is 3.00 bits per heavy atom. The number of halogens is 1. The molecule has 0 N–H and O–H groups in total. The van der Waals surface area contributed by atoms with Gasteiger partial charge in [0.1, 0.15) is 0 Å². The van der Waals surface area contributed by atoms with Crippen molar-refractivity contribution in [1.82, 2.24) is 3.11 Å². The van der Waals surface area contributed by atoms with Crippen LogP contribution in [0.25, 0.3) is 0 Å². The minimum absolute atomic E-state index is 0.784. The van der Waals surface area contributed by atoms with Gasteiger partial charge in [-0.1, -0.05) is 0 Å². The highest BCUT2D eigenvalue weighted by Gasteiger charge is 2.15. The number of nitrogens with zero attached hydrogens (tertiary/aromatic N) is 1. The molecule has 0 bridgehead atoms. The van der Waals surface area contributed by atoms with Gasteiger partial charge in [-0.2, -0.15) is 0 Å². The lowest BCUT2D eigenvalue weighted by molar-refractivity contribution is 0.183. The molecule has 1 saturated heterocycles. The Morgan fingerprint density at radius 2 is 2.56 bits per heavy atom. The molecule has 0 aliphatic carbocycles. The molecule has 1 unspecified atom stereocenters. The van der Waals surface area contributed by atoms with Crippen molar-refractivity contribution in [2.24, 2.45) is 5.92 Å². The molecular formula is C6H12INO. The molecule has 3 heteroatoms. The van der Waals surface area contributed by atoms with Crippen molar-refractivity contribution in [3.63, 3.8) is 0 Å². The average molecular weight is 241 g/mol. The highest BCUT2D eigenvalue weighted by Crippen LogP contribution is 2.14. The third kappa shape index (κ3) is 2.82. The maximum absolute atomic E-state index is 5.23. The van der Waals surface area contributed by atoms with Crippen molar-refractivity contribution in [3.05, 3.63) is 0 Å². The summed E-state index contributed by atoms with van der Waals surface area (Å²) in [6.07, 6.45) is 1.24. The van der Waals surface area contributed by atoms with E-state index in [1.165, 1.54) is 13.0 Å².